The second kappa shape index (κ2) is 4.54. The molecule has 0 aromatic carbocycles. The zero-order chi connectivity index (χ0) is 12.6. The zero-order valence-corrected chi connectivity index (χ0v) is 10.9. The minimum Gasteiger partial charge on any atom is -0.495 e. The molecule has 0 aliphatic heterocycles. The molecule has 2 atom stereocenters. The predicted molar refractivity (Wildman–Crippen MR) is 69.4 cm³/mol. The van der Waals surface area contributed by atoms with Gasteiger partial charge in [0.2, 0.25) is 0 Å². The van der Waals surface area contributed by atoms with E-state index in [1.54, 1.807) is 13.3 Å². The van der Waals surface area contributed by atoms with E-state index < -0.39 is 5.60 Å². The monoisotopic (exact) mass is 247 g/mol. The van der Waals surface area contributed by atoms with Crippen molar-refractivity contribution in [2.75, 3.05) is 7.11 Å². The molecule has 1 aromatic heterocycles. The summed E-state index contributed by atoms with van der Waals surface area (Å²) < 4.78 is 5.35. The van der Waals surface area contributed by atoms with Gasteiger partial charge in [-0.15, -0.1) is 0 Å². The molecule has 3 rings (SSSR count). The summed E-state index contributed by atoms with van der Waals surface area (Å²) in [5.74, 6) is 2.25. The van der Waals surface area contributed by atoms with E-state index in [2.05, 4.69) is 4.98 Å². The quantitative estimate of drug-likeness (QED) is 0.893. The number of aliphatic hydroxyl groups is 1. The molecule has 2 saturated carbocycles. The summed E-state index contributed by atoms with van der Waals surface area (Å²) >= 11 is 0. The number of ether oxygens (including phenoxy) is 1. The number of pyridine rings is 1. The van der Waals surface area contributed by atoms with Crippen molar-refractivity contribution in [3.05, 3.63) is 24.0 Å². The molecule has 3 heteroatoms. The molecule has 0 spiro atoms. The molecule has 0 radical (unpaired) electrons. The molecular formula is C15H21NO2. The molecule has 3 nitrogen and oxygen atoms in total. The van der Waals surface area contributed by atoms with Crippen LogP contribution >= 0.6 is 0 Å². The number of hydrogen-bond donors (Lipinski definition) is 1. The van der Waals surface area contributed by atoms with Gasteiger partial charge in [-0.05, 0) is 62.5 Å². The molecule has 98 valence electrons. The molecule has 1 N–H and O–H groups in total. The highest BCUT2D eigenvalue weighted by Crippen LogP contribution is 2.50. The maximum atomic E-state index is 11.0. The summed E-state index contributed by atoms with van der Waals surface area (Å²) in [5.41, 5.74) is -0.0455. The Labute approximate surface area is 108 Å². The Morgan fingerprint density at radius 2 is 2.17 bits per heavy atom. The lowest BCUT2D eigenvalue weighted by Crippen LogP contribution is -2.34. The van der Waals surface area contributed by atoms with Crippen LogP contribution in [0.15, 0.2) is 18.3 Å². The van der Waals surface area contributed by atoms with E-state index in [9.17, 15) is 5.11 Å². The van der Waals surface area contributed by atoms with Gasteiger partial charge in [0.25, 0.3) is 0 Å². The van der Waals surface area contributed by atoms with E-state index in [-0.39, 0.29) is 0 Å². The van der Waals surface area contributed by atoms with E-state index in [0.717, 1.165) is 36.6 Å². The molecule has 2 unspecified atom stereocenters. The van der Waals surface area contributed by atoms with E-state index in [1.807, 2.05) is 12.1 Å². The van der Waals surface area contributed by atoms with Gasteiger partial charge in [0.1, 0.15) is 17.0 Å². The van der Waals surface area contributed by atoms with Crippen molar-refractivity contribution in [2.45, 2.75) is 44.1 Å². The van der Waals surface area contributed by atoms with E-state index in [0.29, 0.717) is 5.92 Å². The van der Waals surface area contributed by atoms with Crippen LogP contribution in [-0.2, 0) is 5.60 Å². The van der Waals surface area contributed by atoms with Crippen molar-refractivity contribution in [3.63, 3.8) is 0 Å². The Bertz CT molecular complexity index is 430. The minimum absolute atomic E-state index is 0.676. The zero-order valence-electron chi connectivity index (χ0n) is 10.9. The lowest BCUT2D eigenvalue weighted by molar-refractivity contribution is -0.0304. The normalized spacial score (nSPS) is 32.2. The fourth-order valence-corrected chi connectivity index (χ4v) is 3.38. The van der Waals surface area contributed by atoms with Crippen molar-refractivity contribution in [3.8, 4) is 5.75 Å². The number of rotatable bonds is 3. The summed E-state index contributed by atoms with van der Waals surface area (Å²) in [7, 11) is 1.64. The summed E-state index contributed by atoms with van der Waals surface area (Å²) in [6.07, 6.45) is 8.46. The molecule has 2 aliphatic rings. The molecule has 2 fully saturated rings. The van der Waals surface area contributed by atoms with Gasteiger partial charge in [0.15, 0.2) is 0 Å². The Hall–Kier alpha value is -1.09. The second-order valence-electron chi connectivity index (χ2n) is 5.78. The van der Waals surface area contributed by atoms with Crippen LogP contribution in [0.2, 0.25) is 0 Å². The first-order chi connectivity index (χ1) is 8.73. The van der Waals surface area contributed by atoms with Gasteiger partial charge in [-0.1, -0.05) is 0 Å². The lowest BCUT2D eigenvalue weighted by atomic mass is 9.74. The van der Waals surface area contributed by atoms with Crippen LogP contribution < -0.4 is 4.74 Å². The van der Waals surface area contributed by atoms with Gasteiger partial charge >= 0.3 is 0 Å². The maximum absolute atomic E-state index is 11.0. The fourth-order valence-electron chi connectivity index (χ4n) is 3.38. The van der Waals surface area contributed by atoms with Gasteiger partial charge in [0.05, 0.1) is 7.11 Å². The van der Waals surface area contributed by atoms with Crippen LogP contribution in [0.5, 0.6) is 5.75 Å². The second-order valence-corrected chi connectivity index (χ2v) is 5.78. The Kier molecular flexibility index (Phi) is 3.02. The highest BCUT2D eigenvalue weighted by molar-refractivity contribution is 5.32. The maximum Gasteiger partial charge on any atom is 0.143 e. The van der Waals surface area contributed by atoms with Crippen molar-refractivity contribution < 1.29 is 9.84 Å². The van der Waals surface area contributed by atoms with Gasteiger partial charge in [-0.25, -0.2) is 0 Å². The van der Waals surface area contributed by atoms with Crippen LogP contribution in [0.25, 0.3) is 0 Å². The first-order valence-electron chi connectivity index (χ1n) is 6.95. The lowest BCUT2D eigenvalue weighted by Gasteiger charge is -2.37. The molecule has 1 heterocycles. The summed E-state index contributed by atoms with van der Waals surface area (Å²) in [4.78, 5) is 4.38. The van der Waals surface area contributed by atoms with Crippen molar-refractivity contribution >= 4 is 0 Å². The van der Waals surface area contributed by atoms with E-state index >= 15 is 0 Å². The Morgan fingerprint density at radius 1 is 1.33 bits per heavy atom. The molecule has 18 heavy (non-hydrogen) atoms. The molecular weight excluding hydrogens is 226 g/mol. The van der Waals surface area contributed by atoms with Gasteiger partial charge < -0.3 is 9.84 Å². The van der Waals surface area contributed by atoms with E-state index in [1.165, 1.54) is 19.3 Å². The smallest absolute Gasteiger partial charge is 0.143 e. The SMILES string of the molecule is COc1cccnc1C1(O)CCCC(C2CC2)C1. The van der Waals surface area contributed by atoms with Crippen LogP contribution in [0.4, 0.5) is 0 Å². The number of aromatic nitrogens is 1. The molecule has 2 aliphatic carbocycles. The average molecular weight is 247 g/mol. The number of nitrogens with zero attached hydrogens (tertiary/aromatic N) is 1. The van der Waals surface area contributed by atoms with Crippen LogP contribution in [0.3, 0.4) is 0 Å². The topological polar surface area (TPSA) is 42.4 Å². The number of methoxy groups -OCH3 is 1. The van der Waals surface area contributed by atoms with Gasteiger partial charge in [-0.3, -0.25) is 4.98 Å². The van der Waals surface area contributed by atoms with Crippen LogP contribution in [-0.4, -0.2) is 17.2 Å². The Balaban J connectivity index is 1.87. The summed E-state index contributed by atoms with van der Waals surface area (Å²) in [6.45, 7) is 0. The predicted octanol–water partition coefficient (Wildman–Crippen LogP) is 2.88. The van der Waals surface area contributed by atoms with Gasteiger partial charge in [-0.2, -0.15) is 0 Å². The van der Waals surface area contributed by atoms with Gasteiger partial charge in [0, 0.05) is 6.20 Å². The third kappa shape index (κ3) is 2.12. The molecule has 1 aromatic rings. The first kappa shape index (κ1) is 12.0. The first-order valence-corrected chi connectivity index (χ1v) is 6.95. The minimum atomic E-state index is -0.780. The van der Waals surface area contributed by atoms with Crippen molar-refractivity contribution in [1.82, 2.24) is 4.98 Å². The largest absolute Gasteiger partial charge is 0.495 e. The number of hydrogen-bond acceptors (Lipinski definition) is 3. The summed E-state index contributed by atoms with van der Waals surface area (Å²) in [5, 5.41) is 11.0. The van der Waals surface area contributed by atoms with Crippen molar-refractivity contribution in [2.24, 2.45) is 11.8 Å². The molecule has 0 bridgehead atoms. The fraction of sp³-hybridized carbons (Fsp3) is 0.667. The van der Waals surface area contributed by atoms with Crippen molar-refractivity contribution in [1.29, 1.82) is 0 Å². The van der Waals surface area contributed by atoms with Crippen LogP contribution in [0.1, 0.15) is 44.2 Å². The third-order valence-corrected chi connectivity index (χ3v) is 4.49. The highest BCUT2D eigenvalue weighted by atomic mass is 16.5. The molecule has 0 amide bonds. The van der Waals surface area contributed by atoms with Crippen LogP contribution in [0, 0.1) is 11.8 Å². The average Bonchev–Trinajstić information content (AvgIpc) is 3.23. The molecule has 0 saturated heterocycles. The highest BCUT2D eigenvalue weighted by Gasteiger charge is 2.43. The standard InChI is InChI=1S/C15H21NO2/c1-18-13-5-3-9-16-14(13)15(17)8-2-4-12(10-15)11-6-7-11/h3,5,9,11-12,17H,2,4,6-8,10H2,1H3. The third-order valence-electron chi connectivity index (χ3n) is 4.49. The van der Waals surface area contributed by atoms with E-state index in [4.69, 9.17) is 4.74 Å². The summed E-state index contributed by atoms with van der Waals surface area (Å²) in [6, 6.07) is 3.74. The Morgan fingerprint density at radius 3 is 2.89 bits per heavy atom.